The van der Waals surface area contributed by atoms with Crippen LogP contribution >= 0.6 is 15.9 Å². The van der Waals surface area contributed by atoms with Gasteiger partial charge in [0.2, 0.25) is 0 Å². The third-order valence-electron chi connectivity index (χ3n) is 6.39. The molecule has 0 unspecified atom stereocenters. The van der Waals surface area contributed by atoms with Crippen LogP contribution in [0.5, 0.6) is 0 Å². The largest absolute Gasteiger partial charge is 0.481 e. The molecule has 2 N–H and O–H groups in total. The summed E-state index contributed by atoms with van der Waals surface area (Å²) in [5.41, 5.74) is 4.16. The van der Waals surface area contributed by atoms with E-state index in [0.29, 0.717) is 50.6 Å². The first-order valence-corrected chi connectivity index (χ1v) is 12.5. The van der Waals surface area contributed by atoms with Crippen LogP contribution in [0.15, 0.2) is 53.9 Å². The summed E-state index contributed by atoms with van der Waals surface area (Å²) in [5.74, 6) is -1.23. The number of nitrogens with one attached hydrogen (secondary N) is 1. The predicted molar refractivity (Wildman–Crippen MR) is 134 cm³/mol. The summed E-state index contributed by atoms with van der Waals surface area (Å²) in [7, 11) is 0. The van der Waals surface area contributed by atoms with E-state index in [9.17, 15) is 19.1 Å². The molecule has 1 fully saturated rings. The molecule has 1 saturated carbocycles. The van der Waals surface area contributed by atoms with Crippen LogP contribution in [-0.2, 0) is 24.3 Å². The molecule has 6 rings (SSSR count). The number of amides is 1. The molecule has 0 spiro atoms. The normalized spacial score (nSPS) is 13.5. The summed E-state index contributed by atoms with van der Waals surface area (Å²) >= 11 is 3.17. The number of rotatable bonds is 8. The first-order chi connectivity index (χ1) is 17.9. The number of fused-ring (bicyclic) bond motifs is 2. The molecule has 1 amide bonds. The lowest BCUT2D eigenvalue weighted by molar-refractivity contribution is -0.136. The highest BCUT2D eigenvalue weighted by molar-refractivity contribution is 9.10. The standard InChI is InChI=1S/C25H21BrFN7O3/c26-19-3-4-32-13-29-20(23(32)22(19)27)8-28-25(37)17-7-30-34(10-17)12-18-11-33-9-16(14-1-2-14)5-15(6-21(35)36)24(33)31-18/h3-5,7,9-11,13-14H,1-2,6,8,12H2,(H,28,37)(H,35,36). The zero-order chi connectivity index (χ0) is 25.7. The molecule has 0 bridgehead atoms. The van der Waals surface area contributed by atoms with E-state index in [1.165, 1.54) is 12.5 Å². The Hall–Kier alpha value is -4.06. The number of aromatic nitrogens is 6. The van der Waals surface area contributed by atoms with Crippen molar-refractivity contribution >= 4 is 39.0 Å². The van der Waals surface area contributed by atoms with Crippen LogP contribution in [0, 0.1) is 5.82 Å². The number of imidazole rings is 2. The zero-order valence-electron chi connectivity index (χ0n) is 19.4. The molecule has 5 aromatic rings. The topological polar surface area (TPSA) is 119 Å². The lowest BCUT2D eigenvalue weighted by Gasteiger charge is -2.05. The van der Waals surface area contributed by atoms with Gasteiger partial charge in [0, 0.05) is 30.4 Å². The fourth-order valence-corrected chi connectivity index (χ4v) is 4.77. The molecular formula is C25H21BrFN7O3. The Bertz CT molecular complexity index is 1680. The maximum absolute atomic E-state index is 14.5. The Labute approximate surface area is 217 Å². The SMILES string of the molecule is O=C(O)Cc1cc(C2CC2)cn2cc(Cn3cc(C(=O)NCc4ncn5ccc(Br)c(F)c45)cn3)nc12. The van der Waals surface area contributed by atoms with E-state index in [4.69, 9.17) is 0 Å². The van der Waals surface area contributed by atoms with Gasteiger partial charge < -0.3 is 19.2 Å². The molecular weight excluding hydrogens is 545 g/mol. The highest BCUT2D eigenvalue weighted by Gasteiger charge is 2.25. The Balaban J connectivity index is 1.17. The number of carbonyl (C=O) groups is 2. The maximum atomic E-state index is 14.5. The Morgan fingerprint density at radius 3 is 2.84 bits per heavy atom. The van der Waals surface area contributed by atoms with Crippen LogP contribution in [0.3, 0.4) is 0 Å². The van der Waals surface area contributed by atoms with E-state index in [0.717, 1.165) is 18.4 Å². The number of aliphatic carboxylic acids is 1. The highest BCUT2D eigenvalue weighted by Crippen LogP contribution is 2.40. The summed E-state index contributed by atoms with van der Waals surface area (Å²) in [5, 5.41) is 16.4. The van der Waals surface area contributed by atoms with Crippen molar-refractivity contribution < 1.29 is 19.1 Å². The number of carbonyl (C=O) groups excluding carboxylic acids is 1. The molecule has 0 atom stereocenters. The van der Waals surface area contributed by atoms with E-state index in [-0.39, 0.29) is 18.9 Å². The Morgan fingerprint density at radius 2 is 2.05 bits per heavy atom. The maximum Gasteiger partial charge on any atom is 0.307 e. The third-order valence-corrected chi connectivity index (χ3v) is 7.01. The van der Waals surface area contributed by atoms with Crippen molar-refractivity contribution in [1.82, 2.24) is 33.9 Å². The van der Waals surface area contributed by atoms with Crippen molar-refractivity contribution in [1.29, 1.82) is 0 Å². The summed E-state index contributed by atoms with van der Waals surface area (Å²) in [6.45, 7) is 0.362. The van der Waals surface area contributed by atoms with Crippen molar-refractivity contribution in [3.8, 4) is 0 Å². The predicted octanol–water partition coefficient (Wildman–Crippen LogP) is 3.56. The average molecular weight is 566 g/mol. The second-order valence-corrected chi connectivity index (χ2v) is 9.99. The molecule has 1 aliphatic rings. The molecule has 0 aromatic carbocycles. The van der Waals surface area contributed by atoms with Gasteiger partial charge >= 0.3 is 5.97 Å². The first kappa shape index (κ1) is 23.3. The third kappa shape index (κ3) is 4.59. The fourth-order valence-electron chi connectivity index (χ4n) is 4.47. The van der Waals surface area contributed by atoms with Gasteiger partial charge in [0.1, 0.15) is 11.2 Å². The van der Waals surface area contributed by atoms with Gasteiger partial charge in [0.25, 0.3) is 5.91 Å². The smallest absolute Gasteiger partial charge is 0.307 e. The molecule has 5 heterocycles. The molecule has 0 saturated heterocycles. The molecule has 10 nitrogen and oxygen atoms in total. The molecule has 37 heavy (non-hydrogen) atoms. The number of carboxylic acids is 1. The van der Waals surface area contributed by atoms with Crippen LogP contribution in [0.25, 0.3) is 11.2 Å². The summed E-state index contributed by atoms with van der Waals surface area (Å²) in [6.07, 6.45) is 12.2. The van der Waals surface area contributed by atoms with Crippen LogP contribution in [0.1, 0.15) is 51.6 Å². The number of carboxylic acid groups (broad SMARTS) is 1. The summed E-state index contributed by atoms with van der Waals surface area (Å²) in [4.78, 5) is 32.9. The number of pyridine rings is 2. The van der Waals surface area contributed by atoms with Gasteiger partial charge in [-0.3, -0.25) is 14.3 Å². The van der Waals surface area contributed by atoms with Crippen LogP contribution < -0.4 is 5.32 Å². The first-order valence-electron chi connectivity index (χ1n) is 11.7. The van der Waals surface area contributed by atoms with Crippen molar-refractivity contribution in [2.75, 3.05) is 0 Å². The summed E-state index contributed by atoms with van der Waals surface area (Å²) < 4.78 is 19.9. The molecule has 1 aliphatic carbocycles. The zero-order valence-corrected chi connectivity index (χ0v) is 21.0. The number of halogens is 2. The monoisotopic (exact) mass is 565 g/mol. The van der Waals surface area contributed by atoms with E-state index in [1.54, 1.807) is 27.5 Å². The van der Waals surface area contributed by atoms with E-state index >= 15 is 0 Å². The minimum atomic E-state index is -0.902. The van der Waals surface area contributed by atoms with Crippen molar-refractivity contribution in [3.63, 3.8) is 0 Å². The molecule has 5 aromatic heterocycles. The Morgan fingerprint density at radius 1 is 1.22 bits per heavy atom. The molecule has 0 radical (unpaired) electrons. The van der Waals surface area contributed by atoms with Gasteiger partial charge in [0.05, 0.1) is 53.5 Å². The van der Waals surface area contributed by atoms with Gasteiger partial charge in [-0.2, -0.15) is 5.10 Å². The quantitative estimate of drug-likeness (QED) is 0.297. The van der Waals surface area contributed by atoms with Gasteiger partial charge in [-0.1, -0.05) is 0 Å². The van der Waals surface area contributed by atoms with Crippen molar-refractivity contribution in [2.24, 2.45) is 0 Å². The summed E-state index contributed by atoms with van der Waals surface area (Å²) in [6, 6.07) is 3.53. The number of nitrogens with zero attached hydrogens (tertiary/aromatic N) is 6. The fraction of sp³-hybridized carbons (Fsp3) is 0.240. The van der Waals surface area contributed by atoms with Gasteiger partial charge in [-0.15, -0.1) is 0 Å². The van der Waals surface area contributed by atoms with Crippen LogP contribution in [0.4, 0.5) is 4.39 Å². The van der Waals surface area contributed by atoms with Crippen molar-refractivity contribution in [2.45, 2.75) is 38.3 Å². The second kappa shape index (κ2) is 9.11. The minimum Gasteiger partial charge on any atom is -0.481 e. The molecule has 188 valence electrons. The lowest BCUT2D eigenvalue weighted by atomic mass is 10.1. The van der Waals surface area contributed by atoms with Gasteiger partial charge in [0.15, 0.2) is 5.82 Å². The number of hydrogen-bond acceptors (Lipinski definition) is 5. The molecule has 0 aliphatic heterocycles. The van der Waals surface area contributed by atoms with E-state index in [2.05, 4.69) is 36.3 Å². The van der Waals surface area contributed by atoms with Crippen LogP contribution in [0.2, 0.25) is 0 Å². The second-order valence-electron chi connectivity index (χ2n) is 9.14. The molecule has 12 heteroatoms. The van der Waals surface area contributed by atoms with Gasteiger partial charge in [-0.05, 0) is 52.4 Å². The average Bonchev–Trinajstić information content (AvgIpc) is 3.27. The van der Waals surface area contributed by atoms with Crippen LogP contribution in [-0.4, -0.2) is 45.5 Å². The van der Waals surface area contributed by atoms with Crippen molar-refractivity contribution in [3.05, 3.63) is 87.8 Å². The number of hydrogen-bond donors (Lipinski definition) is 2. The lowest BCUT2D eigenvalue weighted by Crippen LogP contribution is -2.22. The minimum absolute atomic E-state index is 0.0516. The Kier molecular flexibility index (Phi) is 5.75. The van der Waals surface area contributed by atoms with E-state index < -0.39 is 11.8 Å². The van der Waals surface area contributed by atoms with Gasteiger partial charge in [-0.25, -0.2) is 14.4 Å². The highest BCUT2D eigenvalue weighted by atomic mass is 79.9. The van der Waals surface area contributed by atoms with E-state index in [1.807, 2.05) is 22.9 Å².